The molecule has 0 saturated heterocycles. The molecule has 0 bridgehead atoms. The lowest BCUT2D eigenvalue weighted by Crippen LogP contribution is -2.24. The molecule has 0 aliphatic rings. The highest BCUT2D eigenvalue weighted by molar-refractivity contribution is 7.89. The van der Waals surface area contributed by atoms with Crippen molar-refractivity contribution in [3.63, 3.8) is 0 Å². The van der Waals surface area contributed by atoms with E-state index in [1.165, 1.54) is 0 Å². The molecule has 0 spiro atoms. The molecule has 2 N–H and O–H groups in total. The lowest BCUT2D eigenvalue weighted by Gasteiger charge is -2.07. The van der Waals surface area contributed by atoms with Crippen molar-refractivity contribution in [2.45, 2.75) is 30.7 Å². The third-order valence-corrected chi connectivity index (χ3v) is 4.13. The average Bonchev–Trinajstić information content (AvgIpc) is 2.39. The van der Waals surface area contributed by atoms with Crippen molar-refractivity contribution in [1.29, 1.82) is 0 Å². The largest absolute Gasteiger partial charge is 0.316 e. The maximum Gasteiger partial charge on any atom is 0.240 e. The summed E-state index contributed by atoms with van der Waals surface area (Å²) in [5.41, 5.74) is 1.05. The minimum Gasteiger partial charge on any atom is -0.316 e. The molecule has 0 atom stereocenters. The van der Waals surface area contributed by atoms with Crippen LogP contribution in [0.4, 0.5) is 0 Å². The summed E-state index contributed by atoms with van der Waals surface area (Å²) in [6, 6.07) is 6.86. The van der Waals surface area contributed by atoms with Gasteiger partial charge in [0.25, 0.3) is 0 Å². The Morgan fingerprint density at radius 2 is 1.89 bits per heavy atom. The van der Waals surface area contributed by atoms with Crippen LogP contribution in [0.1, 0.15) is 24.8 Å². The first-order valence-electron chi connectivity index (χ1n) is 6.27. The fourth-order valence-electron chi connectivity index (χ4n) is 1.63. The van der Waals surface area contributed by atoms with Gasteiger partial charge in [0.15, 0.2) is 0 Å². The zero-order valence-corrected chi connectivity index (χ0v) is 12.0. The first-order chi connectivity index (χ1) is 9.10. The van der Waals surface area contributed by atoms with Crippen LogP contribution in [0, 0.1) is 12.3 Å². The maximum atomic E-state index is 12.0. The molecule has 0 aliphatic carbocycles. The van der Waals surface area contributed by atoms with E-state index >= 15 is 0 Å². The summed E-state index contributed by atoms with van der Waals surface area (Å²) in [7, 11) is -1.55. The number of sulfonamides is 1. The Morgan fingerprint density at radius 1 is 1.21 bits per heavy atom. The van der Waals surface area contributed by atoms with Crippen LogP contribution < -0.4 is 10.0 Å². The van der Waals surface area contributed by atoms with Gasteiger partial charge in [-0.25, -0.2) is 13.1 Å². The van der Waals surface area contributed by atoms with Crippen molar-refractivity contribution in [3.8, 4) is 12.3 Å². The molecule has 5 heteroatoms. The molecule has 1 aromatic rings. The highest BCUT2D eigenvalue weighted by Gasteiger charge is 2.12. The van der Waals surface area contributed by atoms with Gasteiger partial charge in [0.2, 0.25) is 10.0 Å². The maximum absolute atomic E-state index is 12.0. The molecule has 0 saturated carbocycles. The normalized spacial score (nSPS) is 11.2. The quantitative estimate of drug-likeness (QED) is 0.560. The number of rotatable bonds is 8. The minimum atomic E-state index is -3.40. The van der Waals surface area contributed by atoms with Gasteiger partial charge in [-0.15, -0.1) is 12.3 Å². The van der Waals surface area contributed by atoms with Crippen LogP contribution in [0.25, 0.3) is 0 Å². The molecule has 1 rings (SSSR count). The van der Waals surface area contributed by atoms with Gasteiger partial charge >= 0.3 is 0 Å². The van der Waals surface area contributed by atoms with E-state index in [9.17, 15) is 8.42 Å². The molecule has 1 aromatic carbocycles. The van der Waals surface area contributed by atoms with E-state index in [1.807, 2.05) is 19.2 Å². The van der Waals surface area contributed by atoms with Gasteiger partial charge in [-0.2, -0.15) is 0 Å². The van der Waals surface area contributed by atoms with Crippen molar-refractivity contribution in [3.05, 3.63) is 29.8 Å². The Labute approximate surface area is 115 Å². The molecule has 0 aromatic heterocycles. The molecule has 4 nitrogen and oxygen atoms in total. The monoisotopic (exact) mass is 280 g/mol. The number of nitrogens with one attached hydrogen (secondary N) is 2. The summed E-state index contributed by atoms with van der Waals surface area (Å²) >= 11 is 0. The van der Waals surface area contributed by atoms with Crippen LogP contribution in [0.5, 0.6) is 0 Å². The van der Waals surface area contributed by atoms with Gasteiger partial charge in [-0.05, 0) is 37.6 Å². The van der Waals surface area contributed by atoms with Gasteiger partial charge < -0.3 is 5.32 Å². The smallest absolute Gasteiger partial charge is 0.240 e. The van der Waals surface area contributed by atoms with E-state index in [2.05, 4.69) is 16.0 Å². The molecule has 0 heterocycles. The van der Waals surface area contributed by atoms with E-state index in [1.54, 1.807) is 12.1 Å². The van der Waals surface area contributed by atoms with Crippen LogP contribution in [-0.4, -0.2) is 22.0 Å². The first-order valence-corrected chi connectivity index (χ1v) is 7.75. The van der Waals surface area contributed by atoms with Crippen molar-refractivity contribution >= 4 is 10.0 Å². The Balaban J connectivity index is 2.54. The zero-order valence-electron chi connectivity index (χ0n) is 11.1. The van der Waals surface area contributed by atoms with E-state index < -0.39 is 10.0 Å². The predicted octanol–water partition coefficient (Wildman–Crippen LogP) is 1.49. The van der Waals surface area contributed by atoms with E-state index in [-0.39, 0.29) is 0 Å². The Bertz CT molecular complexity index is 515. The number of unbranched alkanes of at least 4 members (excludes halogenated alkanes) is 2. The Morgan fingerprint density at radius 3 is 2.47 bits per heavy atom. The lowest BCUT2D eigenvalue weighted by atomic mass is 10.2. The Hall–Kier alpha value is -1.35. The SMILES string of the molecule is C#CCCCCNS(=O)(=O)c1ccc(CNC)cc1. The summed E-state index contributed by atoms with van der Waals surface area (Å²) in [6.07, 6.45) is 7.40. The molecule has 0 radical (unpaired) electrons. The standard InChI is InChI=1S/C14H20N2O2S/c1-3-4-5-6-11-16-19(17,18)14-9-7-13(8-10-14)12-15-2/h1,7-10,15-16H,4-6,11-12H2,2H3. The van der Waals surface area contributed by atoms with E-state index in [0.29, 0.717) is 17.9 Å². The van der Waals surface area contributed by atoms with Gasteiger partial charge in [0.1, 0.15) is 0 Å². The van der Waals surface area contributed by atoms with Gasteiger partial charge in [0, 0.05) is 19.5 Å². The van der Waals surface area contributed by atoms with Crippen LogP contribution in [-0.2, 0) is 16.6 Å². The molecule has 19 heavy (non-hydrogen) atoms. The van der Waals surface area contributed by atoms with Gasteiger partial charge in [-0.3, -0.25) is 0 Å². The number of benzene rings is 1. The lowest BCUT2D eigenvalue weighted by molar-refractivity contribution is 0.577. The third-order valence-electron chi connectivity index (χ3n) is 2.65. The number of terminal acetylenes is 1. The second kappa shape index (κ2) is 7.95. The number of hydrogen-bond donors (Lipinski definition) is 2. The summed E-state index contributed by atoms with van der Waals surface area (Å²) in [6.45, 7) is 1.14. The molecular formula is C14H20N2O2S. The molecule has 104 valence electrons. The van der Waals surface area contributed by atoms with Crippen LogP contribution in [0.2, 0.25) is 0 Å². The van der Waals surface area contributed by atoms with Crippen molar-refractivity contribution in [2.75, 3.05) is 13.6 Å². The van der Waals surface area contributed by atoms with Crippen molar-refractivity contribution in [2.24, 2.45) is 0 Å². The summed E-state index contributed by atoms with van der Waals surface area (Å²) in [5, 5.41) is 3.01. The van der Waals surface area contributed by atoms with Crippen LogP contribution in [0.15, 0.2) is 29.2 Å². The second-order valence-electron chi connectivity index (χ2n) is 4.23. The van der Waals surface area contributed by atoms with Gasteiger partial charge in [0.05, 0.1) is 4.90 Å². The molecular weight excluding hydrogens is 260 g/mol. The highest BCUT2D eigenvalue weighted by atomic mass is 32.2. The van der Waals surface area contributed by atoms with Gasteiger partial charge in [-0.1, -0.05) is 12.1 Å². The minimum absolute atomic E-state index is 0.296. The van der Waals surface area contributed by atoms with Crippen LogP contribution in [0.3, 0.4) is 0 Å². The molecule has 0 fully saturated rings. The fourth-order valence-corrected chi connectivity index (χ4v) is 2.71. The van der Waals surface area contributed by atoms with Crippen molar-refractivity contribution < 1.29 is 8.42 Å². The molecule has 0 aliphatic heterocycles. The molecule has 0 unspecified atom stereocenters. The second-order valence-corrected chi connectivity index (χ2v) is 6.00. The Kier molecular flexibility index (Phi) is 6.57. The summed E-state index contributed by atoms with van der Waals surface area (Å²) < 4.78 is 26.5. The topological polar surface area (TPSA) is 58.2 Å². The summed E-state index contributed by atoms with van der Waals surface area (Å²) in [5.74, 6) is 2.53. The predicted molar refractivity (Wildman–Crippen MR) is 77.1 cm³/mol. The average molecular weight is 280 g/mol. The summed E-state index contributed by atoms with van der Waals surface area (Å²) in [4.78, 5) is 0.296. The van der Waals surface area contributed by atoms with Crippen molar-refractivity contribution in [1.82, 2.24) is 10.0 Å². The fraction of sp³-hybridized carbons (Fsp3) is 0.429. The zero-order chi connectivity index (χ0) is 14.1. The van der Waals surface area contributed by atoms with E-state index in [0.717, 1.165) is 24.9 Å². The van der Waals surface area contributed by atoms with E-state index in [4.69, 9.17) is 6.42 Å². The highest BCUT2D eigenvalue weighted by Crippen LogP contribution is 2.10. The molecule has 0 amide bonds. The number of hydrogen-bond acceptors (Lipinski definition) is 3. The first kappa shape index (κ1) is 15.7. The van der Waals surface area contributed by atoms with Crippen LogP contribution >= 0.6 is 0 Å². The third kappa shape index (κ3) is 5.43.